The van der Waals surface area contributed by atoms with E-state index in [1.54, 1.807) is 59.1 Å². The maximum absolute atomic E-state index is 12.9. The number of nitrogens with zero attached hydrogens (tertiary/aromatic N) is 5. The van der Waals surface area contributed by atoms with Gasteiger partial charge in [0.25, 0.3) is 0 Å². The monoisotopic (exact) mass is 419 g/mol. The Labute approximate surface area is 184 Å². The predicted molar refractivity (Wildman–Crippen MR) is 120 cm³/mol. The Hall–Kier alpha value is -3.45. The van der Waals surface area contributed by atoms with Gasteiger partial charge in [-0.1, -0.05) is 0 Å². The summed E-state index contributed by atoms with van der Waals surface area (Å²) in [7, 11) is 0. The van der Waals surface area contributed by atoms with Crippen LogP contribution >= 0.6 is 0 Å². The van der Waals surface area contributed by atoms with Crippen molar-refractivity contribution in [2.24, 2.45) is 0 Å². The Kier molecular flexibility index (Phi) is 6.42. The fraction of sp³-hybridized carbons (Fsp3) is 0.458. The van der Waals surface area contributed by atoms with Gasteiger partial charge in [-0.25, -0.2) is 14.8 Å². The summed E-state index contributed by atoms with van der Waals surface area (Å²) in [5.41, 5.74) is 0.00571. The first-order valence-corrected chi connectivity index (χ1v) is 9.94. The normalized spacial score (nSPS) is 11.9. The Morgan fingerprint density at radius 1 is 1.13 bits per heavy atom. The molecule has 31 heavy (non-hydrogen) atoms. The van der Waals surface area contributed by atoms with Crippen LogP contribution in [0.4, 0.5) is 10.6 Å². The van der Waals surface area contributed by atoms with Crippen LogP contribution in [-0.4, -0.2) is 32.2 Å². The summed E-state index contributed by atoms with van der Waals surface area (Å²) in [6.45, 7) is 14.6. The molecule has 1 amide bonds. The Morgan fingerprint density at radius 2 is 1.77 bits per heavy atom. The van der Waals surface area contributed by atoms with Crippen molar-refractivity contribution in [3.63, 3.8) is 0 Å². The van der Waals surface area contributed by atoms with Crippen molar-refractivity contribution in [3.05, 3.63) is 35.9 Å². The molecule has 0 saturated heterocycles. The van der Waals surface area contributed by atoms with Gasteiger partial charge < -0.3 is 4.74 Å². The van der Waals surface area contributed by atoms with E-state index in [-0.39, 0.29) is 11.5 Å². The summed E-state index contributed by atoms with van der Waals surface area (Å²) in [6.07, 6.45) is 8.36. The van der Waals surface area contributed by atoms with Gasteiger partial charge in [0.1, 0.15) is 5.60 Å². The van der Waals surface area contributed by atoms with Gasteiger partial charge in [0, 0.05) is 17.3 Å². The molecule has 0 aliphatic carbocycles. The fourth-order valence-electron chi connectivity index (χ4n) is 2.76. The van der Waals surface area contributed by atoms with Gasteiger partial charge in [-0.3, -0.25) is 9.88 Å². The lowest BCUT2D eigenvalue weighted by molar-refractivity contribution is 0.0548. The number of carbonyl (C=O) groups is 1. The topological polar surface area (TPSA) is 92.0 Å². The molecule has 0 aliphatic heterocycles. The largest absolute Gasteiger partial charge is 0.443 e. The number of aromatic nitrogens is 3. The minimum atomic E-state index is -0.752. The molecule has 0 unspecified atom stereocenters. The van der Waals surface area contributed by atoms with Crippen LogP contribution < -0.4 is 4.90 Å². The molecular weight excluding hydrogens is 390 g/mol. The molecule has 0 bridgehead atoms. The number of rotatable bonds is 3. The zero-order valence-electron chi connectivity index (χ0n) is 19.4. The summed E-state index contributed by atoms with van der Waals surface area (Å²) in [6, 6.07) is 5.81. The zero-order chi connectivity index (χ0) is 23.6. The molecule has 2 aromatic heterocycles. The van der Waals surface area contributed by atoms with Gasteiger partial charge in [0.2, 0.25) is 0 Å². The van der Waals surface area contributed by atoms with Gasteiger partial charge in [-0.2, -0.15) is 5.26 Å². The average molecular weight is 420 g/mol. The van der Waals surface area contributed by atoms with Crippen LogP contribution in [0.1, 0.15) is 66.8 Å². The highest BCUT2D eigenvalue weighted by Gasteiger charge is 2.35. The number of carbonyl (C=O) groups excluding carboxylic acids is 1. The SMILES string of the molecule is C#Cc1nc(-c2ccnc(C(C)(C)C#N)c2)cnc1N(C(=O)OC(C)(C)C)C(C)(C)C. The second kappa shape index (κ2) is 8.35. The van der Waals surface area contributed by atoms with E-state index in [1.165, 1.54) is 4.90 Å². The first kappa shape index (κ1) is 23.8. The highest BCUT2D eigenvalue weighted by atomic mass is 16.6. The molecule has 2 heterocycles. The van der Waals surface area contributed by atoms with Crippen molar-refractivity contribution in [1.82, 2.24) is 15.0 Å². The summed E-state index contributed by atoms with van der Waals surface area (Å²) in [4.78, 5) is 27.7. The van der Waals surface area contributed by atoms with Crippen molar-refractivity contribution >= 4 is 11.9 Å². The maximum Gasteiger partial charge on any atom is 0.416 e. The molecule has 0 fully saturated rings. The van der Waals surface area contributed by atoms with Crippen LogP contribution in [0, 0.1) is 23.7 Å². The van der Waals surface area contributed by atoms with Gasteiger partial charge in [-0.05, 0) is 73.4 Å². The molecule has 0 aliphatic rings. The molecule has 0 atom stereocenters. The predicted octanol–water partition coefficient (Wildman–Crippen LogP) is 4.86. The van der Waals surface area contributed by atoms with E-state index >= 15 is 0 Å². The molecule has 162 valence electrons. The number of pyridine rings is 1. The van der Waals surface area contributed by atoms with Crippen LogP contribution in [-0.2, 0) is 10.2 Å². The molecule has 0 spiro atoms. The molecule has 0 radical (unpaired) electrons. The molecule has 2 rings (SSSR count). The fourth-order valence-corrected chi connectivity index (χ4v) is 2.76. The van der Waals surface area contributed by atoms with E-state index in [2.05, 4.69) is 26.9 Å². The second-order valence-electron chi connectivity index (χ2n) is 9.72. The van der Waals surface area contributed by atoms with Gasteiger partial charge in [-0.15, -0.1) is 6.42 Å². The Balaban J connectivity index is 2.57. The van der Waals surface area contributed by atoms with Crippen LogP contribution in [0.5, 0.6) is 0 Å². The molecular formula is C24H29N5O2. The maximum atomic E-state index is 12.9. The number of anilines is 1. The summed E-state index contributed by atoms with van der Waals surface area (Å²) >= 11 is 0. The van der Waals surface area contributed by atoms with E-state index in [4.69, 9.17) is 11.2 Å². The van der Waals surface area contributed by atoms with E-state index in [1.807, 2.05) is 20.8 Å². The number of hydrogen-bond donors (Lipinski definition) is 0. The third-order valence-corrected chi connectivity index (χ3v) is 4.32. The van der Waals surface area contributed by atoms with E-state index in [9.17, 15) is 10.1 Å². The van der Waals surface area contributed by atoms with Crippen molar-refractivity contribution in [2.75, 3.05) is 4.90 Å². The highest BCUT2D eigenvalue weighted by molar-refractivity contribution is 5.89. The van der Waals surface area contributed by atoms with Crippen LogP contribution in [0.3, 0.4) is 0 Å². The van der Waals surface area contributed by atoms with Gasteiger partial charge >= 0.3 is 6.09 Å². The third kappa shape index (κ3) is 5.58. The van der Waals surface area contributed by atoms with Gasteiger partial charge in [0.15, 0.2) is 11.5 Å². The van der Waals surface area contributed by atoms with Crippen LogP contribution in [0.15, 0.2) is 24.5 Å². The first-order chi connectivity index (χ1) is 14.2. The number of nitriles is 1. The highest BCUT2D eigenvalue weighted by Crippen LogP contribution is 2.30. The second-order valence-corrected chi connectivity index (χ2v) is 9.72. The lowest BCUT2D eigenvalue weighted by atomic mass is 9.90. The van der Waals surface area contributed by atoms with Crippen molar-refractivity contribution < 1.29 is 9.53 Å². The lowest BCUT2D eigenvalue weighted by Gasteiger charge is -2.36. The van der Waals surface area contributed by atoms with E-state index < -0.39 is 22.6 Å². The van der Waals surface area contributed by atoms with Crippen molar-refractivity contribution in [3.8, 4) is 29.7 Å². The minimum Gasteiger partial charge on any atom is -0.443 e. The molecule has 2 aromatic rings. The quantitative estimate of drug-likeness (QED) is 0.660. The van der Waals surface area contributed by atoms with E-state index in [0.717, 1.165) is 5.56 Å². The molecule has 7 heteroatoms. The van der Waals surface area contributed by atoms with Crippen LogP contribution in [0.2, 0.25) is 0 Å². The lowest BCUT2D eigenvalue weighted by Crippen LogP contribution is -2.49. The smallest absolute Gasteiger partial charge is 0.416 e. The third-order valence-electron chi connectivity index (χ3n) is 4.32. The first-order valence-electron chi connectivity index (χ1n) is 9.94. The summed E-state index contributed by atoms with van der Waals surface area (Å²) in [5.74, 6) is 2.79. The summed E-state index contributed by atoms with van der Waals surface area (Å²) in [5, 5.41) is 9.40. The molecule has 0 aromatic carbocycles. The molecule has 0 saturated carbocycles. The van der Waals surface area contributed by atoms with Crippen LogP contribution in [0.25, 0.3) is 11.3 Å². The standard InChI is InChI=1S/C24H29N5O2/c1-10-17-20(29(22(2,3)4)21(30)31-23(5,6)7)27-14-18(28-17)16-11-12-26-19(13-16)24(8,9)15-25/h1,11-14H,2-9H3. The van der Waals surface area contributed by atoms with E-state index in [0.29, 0.717) is 11.4 Å². The number of ether oxygens (including phenoxy) is 1. The molecule has 7 nitrogen and oxygen atoms in total. The molecule has 0 N–H and O–H groups in total. The minimum absolute atomic E-state index is 0.219. The summed E-state index contributed by atoms with van der Waals surface area (Å²) < 4.78 is 5.57. The average Bonchev–Trinajstić information content (AvgIpc) is 2.66. The van der Waals surface area contributed by atoms with Gasteiger partial charge in [0.05, 0.1) is 29.1 Å². The zero-order valence-corrected chi connectivity index (χ0v) is 19.4. The number of terminal acetylenes is 1. The van der Waals surface area contributed by atoms with Crippen molar-refractivity contribution in [1.29, 1.82) is 5.26 Å². The number of amides is 1. The number of hydrogen-bond acceptors (Lipinski definition) is 6. The Bertz CT molecular complexity index is 1060. The Morgan fingerprint density at radius 3 is 2.29 bits per heavy atom. The van der Waals surface area contributed by atoms with Crippen molar-refractivity contribution in [2.45, 2.75) is 71.9 Å².